The minimum atomic E-state index is -3.19. The molecule has 1 aliphatic rings. The number of hydrogen-bond acceptors (Lipinski definition) is 9. The maximum absolute atomic E-state index is 11.8. The van der Waals surface area contributed by atoms with Crippen LogP contribution in [0.1, 0.15) is 0 Å². The van der Waals surface area contributed by atoms with E-state index in [1.807, 2.05) is 18.2 Å². The van der Waals surface area contributed by atoms with Crippen LogP contribution in [0, 0.1) is 3.57 Å². The van der Waals surface area contributed by atoms with E-state index in [0.29, 0.717) is 64.5 Å². The first-order valence-corrected chi connectivity index (χ1v) is 14.5. The van der Waals surface area contributed by atoms with Crippen molar-refractivity contribution >= 4 is 61.5 Å². The van der Waals surface area contributed by atoms with Crippen LogP contribution in [0.2, 0.25) is 0 Å². The Bertz CT molecular complexity index is 1440. The van der Waals surface area contributed by atoms with Gasteiger partial charge in [-0.05, 0) is 52.9 Å². The van der Waals surface area contributed by atoms with E-state index in [-0.39, 0.29) is 5.91 Å². The number of carbonyl (C=O) groups excluding carboxylic acids is 1. The molecule has 1 amide bonds. The lowest BCUT2D eigenvalue weighted by molar-refractivity contribution is -0.111. The van der Waals surface area contributed by atoms with Crippen molar-refractivity contribution < 1.29 is 22.7 Å². The fourth-order valence-electron chi connectivity index (χ4n) is 3.80. The topological polar surface area (TPSA) is 126 Å². The zero-order chi connectivity index (χ0) is 27.3. The number of amides is 1. The van der Waals surface area contributed by atoms with Gasteiger partial charge in [-0.25, -0.2) is 13.4 Å². The van der Waals surface area contributed by atoms with E-state index in [1.165, 1.54) is 16.6 Å². The standard InChI is InChI=1S/C25H27IN6O5S/c1-4-23(33)28-17-6-5-7-19(14-17)37-24-20(26)16-27-25(30-24)29-21-9-8-18(15-22(21)36-2)31-10-12-32(13-11-31)38(3,34)35/h4-9,14-16H,1,10-13H2,2-3H3,(H,28,33)(H,27,29,30). The second-order valence-corrected chi connectivity index (χ2v) is 11.5. The highest BCUT2D eigenvalue weighted by Gasteiger charge is 2.24. The van der Waals surface area contributed by atoms with E-state index < -0.39 is 10.0 Å². The number of anilines is 4. The number of halogens is 1. The highest BCUT2D eigenvalue weighted by molar-refractivity contribution is 14.1. The van der Waals surface area contributed by atoms with Gasteiger partial charge in [0.2, 0.25) is 27.8 Å². The van der Waals surface area contributed by atoms with Crippen molar-refractivity contribution in [2.75, 3.05) is 55.1 Å². The second kappa shape index (κ2) is 12.0. The molecule has 0 atom stereocenters. The van der Waals surface area contributed by atoms with Crippen molar-refractivity contribution in [1.82, 2.24) is 14.3 Å². The Kier molecular flexibility index (Phi) is 8.69. The Morgan fingerprint density at radius 3 is 2.61 bits per heavy atom. The van der Waals surface area contributed by atoms with E-state index in [1.54, 1.807) is 37.6 Å². The van der Waals surface area contributed by atoms with Crippen molar-refractivity contribution in [3.8, 4) is 17.4 Å². The number of carbonyl (C=O) groups is 1. The Morgan fingerprint density at radius 2 is 1.92 bits per heavy atom. The molecule has 0 saturated carbocycles. The third kappa shape index (κ3) is 6.90. The molecule has 0 unspecified atom stereocenters. The molecule has 0 radical (unpaired) electrons. The van der Waals surface area contributed by atoms with E-state index in [9.17, 15) is 13.2 Å². The molecule has 0 bridgehead atoms. The molecule has 1 aliphatic heterocycles. The van der Waals surface area contributed by atoms with E-state index >= 15 is 0 Å². The number of methoxy groups -OCH3 is 1. The Morgan fingerprint density at radius 1 is 1.16 bits per heavy atom. The van der Waals surface area contributed by atoms with Crippen molar-refractivity contribution in [2.45, 2.75) is 0 Å². The van der Waals surface area contributed by atoms with Gasteiger partial charge in [-0.3, -0.25) is 4.79 Å². The van der Waals surface area contributed by atoms with Gasteiger partial charge in [-0.2, -0.15) is 9.29 Å². The molecule has 38 heavy (non-hydrogen) atoms. The van der Waals surface area contributed by atoms with Crippen molar-refractivity contribution in [3.63, 3.8) is 0 Å². The van der Waals surface area contributed by atoms with Crippen molar-refractivity contribution in [3.05, 3.63) is 64.9 Å². The average molecular weight is 650 g/mol. The summed E-state index contributed by atoms with van der Waals surface area (Å²) in [5.74, 6) is 1.41. The first-order valence-electron chi connectivity index (χ1n) is 11.6. The minimum absolute atomic E-state index is 0.310. The molecular weight excluding hydrogens is 623 g/mol. The molecule has 1 fully saturated rings. The SMILES string of the molecule is C=CC(=O)Nc1cccc(Oc2nc(Nc3ccc(N4CCN(S(C)(=O)=O)CC4)cc3OC)ncc2I)c1. The van der Waals surface area contributed by atoms with Crippen LogP contribution in [0.3, 0.4) is 0 Å². The molecule has 4 rings (SSSR count). The molecule has 11 nitrogen and oxygen atoms in total. The van der Waals surface area contributed by atoms with Crippen LogP contribution in [-0.2, 0) is 14.8 Å². The summed E-state index contributed by atoms with van der Waals surface area (Å²) in [5, 5.41) is 5.87. The predicted octanol–water partition coefficient (Wildman–Crippen LogP) is 3.83. The number of nitrogens with zero attached hydrogens (tertiary/aromatic N) is 4. The van der Waals surface area contributed by atoms with Gasteiger partial charge < -0.3 is 25.0 Å². The largest absolute Gasteiger partial charge is 0.494 e. The molecule has 1 saturated heterocycles. The Balaban J connectivity index is 1.48. The van der Waals surface area contributed by atoms with E-state index in [4.69, 9.17) is 9.47 Å². The number of nitrogens with one attached hydrogen (secondary N) is 2. The lowest BCUT2D eigenvalue weighted by Crippen LogP contribution is -2.48. The van der Waals surface area contributed by atoms with Gasteiger partial charge in [-0.1, -0.05) is 12.6 Å². The second-order valence-electron chi connectivity index (χ2n) is 8.33. The van der Waals surface area contributed by atoms with Crippen molar-refractivity contribution in [2.24, 2.45) is 0 Å². The van der Waals surface area contributed by atoms with Crippen molar-refractivity contribution in [1.29, 1.82) is 0 Å². The summed E-state index contributed by atoms with van der Waals surface area (Å²) < 4.78 is 37.4. The maximum atomic E-state index is 11.8. The summed E-state index contributed by atoms with van der Waals surface area (Å²) >= 11 is 2.09. The average Bonchev–Trinajstić information content (AvgIpc) is 2.90. The summed E-state index contributed by atoms with van der Waals surface area (Å²) in [7, 11) is -1.62. The van der Waals surface area contributed by atoms with Gasteiger partial charge in [0.25, 0.3) is 0 Å². The number of benzene rings is 2. The van der Waals surface area contributed by atoms with Gasteiger partial charge >= 0.3 is 0 Å². The molecule has 13 heteroatoms. The fraction of sp³-hybridized carbons (Fsp3) is 0.240. The van der Waals surface area contributed by atoms with Crippen LogP contribution in [0.25, 0.3) is 0 Å². The minimum Gasteiger partial charge on any atom is -0.494 e. The van der Waals surface area contributed by atoms with Crippen LogP contribution in [0.5, 0.6) is 17.4 Å². The molecule has 0 aliphatic carbocycles. The molecule has 3 aromatic rings. The number of rotatable bonds is 9. The number of ether oxygens (including phenoxy) is 2. The Labute approximate surface area is 235 Å². The van der Waals surface area contributed by atoms with E-state index in [2.05, 4.69) is 54.7 Å². The zero-order valence-corrected chi connectivity index (χ0v) is 23.8. The van der Waals surface area contributed by atoms with Gasteiger partial charge in [0.15, 0.2) is 0 Å². The van der Waals surface area contributed by atoms with Gasteiger partial charge in [0.1, 0.15) is 11.5 Å². The smallest absolute Gasteiger partial charge is 0.247 e. The van der Waals surface area contributed by atoms with Crippen LogP contribution in [-0.4, -0.2) is 68.1 Å². The molecule has 2 N–H and O–H groups in total. The molecule has 0 spiro atoms. The third-order valence-corrected chi connectivity index (χ3v) is 7.76. The lowest BCUT2D eigenvalue weighted by atomic mass is 10.2. The van der Waals surface area contributed by atoms with Gasteiger partial charge in [0.05, 0.1) is 22.6 Å². The number of sulfonamides is 1. The summed E-state index contributed by atoms with van der Waals surface area (Å²) in [6.45, 7) is 5.49. The van der Waals surface area contributed by atoms with Crippen LogP contribution in [0.4, 0.5) is 23.0 Å². The van der Waals surface area contributed by atoms with Crippen LogP contribution < -0.4 is 25.0 Å². The quantitative estimate of drug-likeness (QED) is 0.263. The highest BCUT2D eigenvalue weighted by Crippen LogP contribution is 2.33. The summed E-state index contributed by atoms with van der Waals surface area (Å²) in [6, 6.07) is 12.6. The molecule has 200 valence electrons. The van der Waals surface area contributed by atoms with Gasteiger partial charge in [0, 0.05) is 55.9 Å². The van der Waals surface area contributed by atoms with Gasteiger partial charge in [-0.15, -0.1) is 0 Å². The third-order valence-electron chi connectivity index (χ3n) is 5.72. The maximum Gasteiger partial charge on any atom is 0.247 e. The summed E-state index contributed by atoms with van der Waals surface area (Å²) in [6.07, 6.45) is 4.06. The summed E-state index contributed by atoms with van der Waals surface area (Å²) in [5.41, 5.74) is 2.15. The highest BCUT2D eigenvalue weighted by atomic mass is 127. The van der Waals surface area contributed by atoms with E-state index in [0.717, 1.165) is 5.69 Å². The summed E-state index contributed by atoms with van der Waals surface area (Å²) in [4.78, 5) is 22.6. The lowest BCUT2D eigenvalue weighted by Gasteiger charge is -2.35. The predicted molar refractivity (Wildman–Crippen MR) is 155 cm³/mol. The van der Waals surface area contributed by atoms with Crippen LogP contribution in [0.15, 0.2) is 61.3 Å². The number of aromatic nitrogens is 2. The first-order chi connectivity index (χ1) is 18.2. The zero-order valence-electron chi connectivity index (χ0n) is 20.8. The molecule has 2 aromatic carbocycles. The van der Waals surface area contributed by atoms with Crippen LogP contribution >= 0.6 is 22.6 Å². The normalized spacial score (nSPS) is 14.0. The number of hydrogen-bond donors (Lipinski definition) is 2. The molecule has 2 heterocycles. The monoisotopic (exact) mass is 650 g/mol. The molecular formula is C25H27IN6O5S. The first kappa shape index (κ1) is 27.6. The number of piperazine rings is 1. The Hall–Kier alpha value is -3.43. The fourth-order valence-corrected chi connectivity index (χ4v) is 5.00. The molecule has 1 aromatic heterocycles.